The molecule has 0 aliphatic carbocycles. The zero-order valence-corrected chi connectivity index (χ0v) is 14.9. The predicted octanol–water partition coefficient (Wildman–Crippen LogP) is 2.65. The number of nitro benzene ring substituents is 2. The van der Waals surface area contributed by atoms with E-state index >= 15 is 0 Å². The lowest BCUT2D eigenvalue weighted by atomic mass is 10.1. The Kier molecular flexibility index (Phi) is 7.07. The number of non-ortho nitro benzene ring substituents is 2. The number of nitrogens with zero attached hydrogens (tertiary/aromatic N) is 2. The summed E-state index contributed by atoms with van der Waals surface area (Å²) in [6.07, 6.45) is -0.574. The number of carbonyl (C=O) groups excluding carboxylic acids is 3. The fraction of sp³-hybridized carbons (Fsp3) is 0.167. The molecule has 0 spiro atoms. The summed E-state index contributed by atoms with van der Waals surface area (Å²) in [5.74, 6) is -1.99. The average molecular weight is 401 g/mol. The molecule has 0 heterocycles. The summed E-state index contributed by atoms with van der Waals surface area (Å²) in [4.78, 5) is 55.7. The van der Waals surface area contributed by atoms with Gasteiger partial charge in [0.2, 0.25) is 11.7 Å². The Balaban J connectivity index is 1.79. The molecule has 0 fully saturated rings. The van der Waals surface area contributed by atoms with E-state index in [-0.39, 0.29) is 35.5 Å². The Bertz CT molecular complexity index is 973. The zero-order valence-electron chi connectivity index (χ0n) is 14.9. The summed E-state index contributed by atoms with van der Waals surface area (Å²) < 4.78 is 4.78. The molecule has 0 aromatic heterocycles. The van der Waals surface area contributed by atoms with Gasteiger partial charge in [-0.05, 0) is 6.07 Å². The first kappa shape index (κ1) is 21.2. The van der Waals surface area contributed by atoms with Crippen LogP contribution in [0.3, 0.4) is 0 Å². The van der Waals surface area contributed by atoms with Crippen molar-refractivity contribution in [3.8, 4) is 0 Å². The number of esters is 1. The monoisotopic (exact) mass is 401 g/mol. The highest BCUT2D eigenvalue weighted by atomic mass is 16.6. The summed E-state index contributed by atoms with van der Waals surface area (Å²) in [5.41, 5.74) is -0.226. The van der Waals surface area contributed by atoms with Gasteiger partial charge in [0.25, 0.3) is 11.4 Å². The smallest absolute Gasteiger partial charge is 0.306 e. The molecular formula is C18H15N3O8. The molecule has 150 valence electrons. The number of ether oxygens (including phenoxy) is 1. The fourth-order valence-corrected chi connectivity index (χ4v) is 2.23. The van der Waals surface area contributed by atoms with Crippen molar-refractivity contribution in [2.24, 2.45) is 0 Å². The number of hydrogen-bond acceptors (Lipinski definition) is 8. The largest absolute Gasteiger partial charge is 0.457 e. The summed E-state index contributed by atoms with van der Waals surface area (Å²) in [6.45, 7) is -0.619. The maximum Gasteiger partial charge on any atom is 0.306 e. The lowest BCUT2D eigenvalue weighted by Crippen LogP contribution is -2.17. The number of nitrogens with one attached hydrogen (secondary N) is 1. The number of carbonyl (C=O) groups is 3. The number of ketones is 1. The molecule has 1 N–H and O–H groups in total. The van der Waals surface area contributed by atoms with Gasteiger partial charge in [-0.25, -0.2) is 0 Å². The summed E-state index contributed by atoms with van der Waals surface area (Å²) in [5, 5.41) is 23.8. The Labute approximate surface area is 163 Å². The van der Waals surface area contributed by atoms with Crippen LogP contribution in [0.15, 0.2) is 48.5 Å². The third-order valence-corrected chi connectivity index (χ3v) is 3.64. The maximum atomic E-state index is 12.0. The molecular weight excluding hydrogens is 386 g/mol. The van der Waals surface area contributed by atoms with Gasteiger partial charge in [-0.2, -0.15) is 0 Å². The number of benzene rings is 2. The van der Waals surface area contributed by atoms with Crippen LogP contribution in [0.2, 0.25) is 0 Å². The minimum absolute atomic E-state index is 0.0235. The number of anilines is 1. The molecule has 0 atom stereocenters. The molecule has 0 saturated carbocycles. The van der Waals surface area contributed by atoms with E-state index in [9.17, 15) is 34.6 Å². The Morgan fingerprint density at radius 3 is 2.17 bits per heavy atom. The van der Waals surface area contributed by atoms with Crippen LogP contribution in [0.25, 0.3) is 0 Å². The lowest BCUT2D eigenvalue weighted by molar-refractivity contribution is -0.385. The number of Topliss-reactive ketones (excluding diaryl/α,β-unsaturated/α-hetero) is 1. The van der Waals surface area contributed by atoms with Crippen LogP contribution >= 0.6 is 0 Å². The highest BCUT2D eigenvalue weighted by molar-refractivity contribution is 5.98. The minimum atomic E-state index is -0.807. The SMILES string of the molecule is O=C(CCC(=O)OCC(=O)c1cccc([N+](=O)[O-])c1)Nc1cccc([N+](=O)[O-])c1. The minimum Gasteiger partial charge on any atom is -0.457 e. The maximum absolute atomic E-state index is 12.0. The van der Waals surface area contributed by atoms with Crippen molar-refractivity contribution in [1.82, 2.24) is 0 Å². The third-order valence-electron chi connectivity index (χ3n) is 3.64. The highest BCUT2D eigenvalue weighted by Gasteiger charge is 2.15. The molecule has 29 heavy (non-hydrogen) atoms. The van der Waals surface area contributed by atoms with Gasteiger partial charge in [0.05, 0.1) is 16.3 Å². The van der Waals surface area contributed by atoms with Crippen molar-refractivity contribution in [2.45, 2.75) is 12.8 Å². The normalized spacial score (nSPS) is 10.1. The standard InChI is InChI=1S/C18H15N3O8/c22-16(12-3-1-5-14(9-12)20(25)26)11-29-18(24)8-7-17(23)19-13-4-2-6-15(10-13)21(27)28/h1-6,9-10H,7-8,11H2,(H,19,23). The first-order chi connectivity index (χ1) is 13.8. The molecule has 0 aliphatic rings. The van der Waals surface area contributed by atoms with E-state index in [0.29, 0.717) is 0 Å². The highest BCUT2D eigenvalue weighted by Crippen LogP contribution is 2.17. The molecule has 0 unspecified atom stereocenters. The number of nitro groups is 2. The van der Waals surface area contributed by atoms with E-state index in [2.05, 4.69) is 5.32 Å². The molecule has 2 aromatic rings. The van der Waals surface area contributed by atoms with E-state index < -0.39 is 34.1 Å². The molecule has 11 heteroatoms. The molecule has 2 rings (SSSR count). The second-order valence-electron chi connectivity index (χ2n) is 5.75. The first-order valence-electron chi connectivity index (χ1n) is 8.24. The second kappa shape index (κ2) is 9.69. The zero-order chi connectivity index (χ0) is 21.4. The number of rotatable bonds is 9. The van der Waals surface area contributed by atoms with Crippen LogP contribution in [0.5, 0.6) is 0 Å². The predicted molar refractivity (Wildman–Crippen MR) is 99.3 cm³/mol. The van der Waals surface area contributed by atoms with Crippen LogP contribution in [-0.4, -0.2) is 34.1 Å². The molecule has 0 bridgehead atoms. The van der Waals surface area contributed by atoms with Crippen molar-refractivity contribution in [3.63, 3.8) is 0 Å². The quantitative estimate of drug-likeness (QED) is 0.290. The Morgan fingerprint density at radius 1 is 0.897 bits per heavy atom. The van der Waals surface area contributed by atoms with E-state index in [0.717, 1.165) is 6.07 Å². The van der Waals surface area contributed by atoms with Crippen LogP contribution in [0.4, 0.5) is 17.1 Å². The third kappa shape index (κ3) is 6.50. The van der Waals surface area contributed by atoms with Crippen molar-refractivity contribution < 1.29 is 29.0 Å². The summed E-state index contributed by atoms with van der Waals surface area (Å²) >= 11 is 0. The van der Waals surface area contributed by atoms with Gasteiger partial charge in [0.15, 0.2) is 6.61 Å². The first-order valence-corrected chi connectivity index (χ1v) is 8.24. The van der Waals surface area contributed by atoms with Gasteiger partial charge in [0.1, 0.15) is 0 Å². The lowest BCUT2D eigenvalue weighted by Gasteiger charge is -2.06. The Hall–Kier alpha value is -4.15. The van der Waals surface area contributed by atoms with Gasteiger partial charge >= 0.3 is 5.97 Å². The number of amides is 1. The Morgan fingerprint density at radius 2 is 1.52 bits per heavy atom. The van der Waals surface area contributed by atoms with Crippen molar-refractivity contribution in [1.29, 1.82) is 0 Å². The van der Waals surface area contributed by atoms with Crippen molar-refractivity contribution in [2.75, 3.05) is 11.9 Å². The fourth-order valence-electron chi connectivity index (χ4n) is 2.23. The molecule has 0 aliphatic heterocycles. The van der Waals surface area contributed by atoms with E-state index in [1.807, 2.05) is 0 Å². The molecule has 0 saturated heterocycles. The van der Waals surface area contributed by atoms with Crippen LogP contribution in [0.1, 0.15) is 23.2 Å². The van der Waals surface area contributed by atoms with Gasteiger partial charge in [0, 0.05) is 41.9 Å². The molecule has 2 aromatic carbocycles. The second-order valence-corrected chi connectivity index (χ2v) is 5.75. The summed E-state index contributed by atoms with van der Waals surface area (Å²) in [7, 11) is 0. The van der Waals surface area contributed by atoms with Gasteiger partial charge in [-0.15, -0.1) is 0 Å². The number of hydrogen-bond donors (Lipinski definition) is 1. The van der Waals surface area contributed by atoms with E-state index in [4.69, 9.17) is 4.74 Å². The van der Waals surface area contributed by atoms with E-state index in [1.54, 1.807) is 0 Å². The van der Waals surface area contributed by atoms with Crippen LogP contribution in [0, 0.1) is 20.2 Å². The van der Waals surface area contributed by atoms with Crippen molar-refractivity contribution in [3.05, 3.63) is 74.3 Å². The van der Waals surface area contributed by atoms with Crippen LogP contribution in [-0.2, 0) is 14.3 Å². The molecule has 1 amide bonds. The summed E-state index contributed by atoms with van der Waals surface area (Å²) in [6, 6.07) is 10.3. The average Bonchev–Trinajstić information content (AvgIpc) is 2.70. The van der Waals surface area contributed by atoms with Crippen LogP contribution < -0.4 is 5.32 Å². The molecule has 11 nitrogen and oxygen atoms in total. The topological polar surface area (TPSA) is 159 Å². The van der Waals surface area contributed by atoms with Gasteiger partial charge in [-0.1, -0.05) is 18.2 Å². The van der Waals surface area contributed by atoms with Gasteiger partial charge < -0.3 is 10.1 Å². The van der Waals surface area contributed by atoms with Crippen molar-refractivity contribution >= 4 is 34.7 Å². The molecule has 0 radical (unpaired) electrons. The van der Waals surface area contributed by atoms with E-state index in [1.165, 1.54) is 42.5 Å². The van der Waals surface area contributed by atoms with Gasteiger partial charge in [-0.3, -0.25) is 34.6 Å².